The highest BCUT2D eigenvalue weighted by Gasteiger charge is 2.14. The standard InChI is InChI=1S/C13H12N2O3/c1-17-11-8-10(14-13(15-11)18-2)12(16)9-6-4-3-5-7-9/h3-8H,1-2H3. The second-order valence-corrected chi connectivity index (χ2v) is 3.48. The number of rotatable bonds is 4. The molecular formula is C13H12N2O3. The normalized spacial score (nSPS) is 9.89. The molecule has 92 valence electrons. The van der Waals surface area contributed by atoms with E-state index in [0.29, 0.717) is 11.4 Å². The van der Waals surface area contributed by atoms with Crippen LogP contribution in [0.15, 0.2) is 36.4 Å². The van der Waals surface area contributed by atoms with Crippen LogP contribution in [0.4, 0.5) is 0 Å². The average molecular weight is 244 g/mol. The number of methoxy groups -OCH3 is 2. The lowest BCUT2D eigenvalue weighted by Crippen LogP contribution is -2.07. The summed E-state index contributed by atoms with van der Waals surface area (Å²) < 4.78 is 9.93. The van der Waals surface area contributed by atoms with E-state index in [0.717, 1.165) is 0 Å². The number of hydrogen-bond acceptors (Lipinski definition) is 5. The Morgan fingerprint density at radius 1 is 1.06 bits per heavy atom. The Morgan fingerprint density at radius 2 is 1.78 bits per heavy atom. The summed E-state index contributed by atoms with van der Waals surface area (Å²) in [6, 6.07) is 10.5. The van der Waals surface area contributed by atoms with Crippen LogP contribution in [0.3, 0.4) is 0 Å². The summed E-state index contributed by atoms with van der Waals surface area (Å²) in [5.41, 5.74) is 0.796. The van der Waals surface area contributed by atoms with Gasteiger partial charge >= 0.3 is 6.01 Å². The van der Waals surface area contributed by atoms with E-state index in [1.807, 2.05) is 6.07 Å². The minimum absolute atomic E-state index is 0.105. The van der Waals surface area contributed by atoms with E-state index >= 15 is 0 Å². The maximum atomic E-state index is 12.2. The van der Waals surface area contributed by atoms with Crippen molar-refractivity contribution in [2.24, 2.45) is 0 Å². The van der Waals surface area contributed by atoms with Gasteiger partial charge in [-0.2, -0.15) is 9.97 Å². The summed E-state index contributed by atoms with van der Waals surface area (Å²) in [6.07, 6.45) is 0. The maximum absolute atomic E-state index is 12.2. The van der Waals surface area contributed by atoms with Crippen LogP contribution in [0, 0.1) is 0 Å². The minimum atomic E-state index is -0.199. The molecule has 1 heterocycles. The zero-order valence-electron chi connectivity index (χ0n) is 10.1. The highest BCUT2D eigenvalue weighted by molar-refractivity contribution is 6.07. The van der Waals surface area contributed by atoms with Gasteiger partial charge in [0.25, 0.3) is 0 Å². The van der Waals surface area contributed by atoms with Crippen LogP contribution in [0.1, 0.15) is 16.1 Å². The molecule has 0 fully saturated rings. The van der Waals surface area contributed by atoms with Gasteiger partial charge in [-0.3, -0.25) is 4.79 Å². The SMILES string of the molecule is COc1cc(C(=O)c2ccccc2)nc(OC)n1. The third-order valence-electron chi connectivity index (χ3n) is 2.34. The predicted molar refractivity (Wildman–Crippen MR) is 65.0 cm³/mol. The number of carbonyl (C=O) groups excluding carboxylic acids is 1. The first-order chi connectivity index (χ1) is 8.74. The number of benzene rings is 1. The van der Waals surface area contributed by atoms with E-state index in [2.05, 4.69) is 9.97 Å². The van der Waals surface area contributed by atoms with Crippen LogP contribution < -0.4 is 9.47 Å². The molecule has 2 rings (SSSR count). The summed E-state index contributed by atoms with van der Waals surface area (Å²) in [4.78, 5) is 20.1. The van der Waals surface area contributed by atoms with Crippen molar-refractivity contribution in [3.8, 4) is 11.9 Å². The summed E-state index contributed by atoms with van der Waals surface area (Å²) in [6.45, 7) is 0. The molecule has 0 radical (unpaired) electrons. The topological polar surface area (TPSA) is 61.3 Å². The maximum Gasteiger partial charge on any atom is 0.320 e. The van der Waals surface area contributed by atoms with Gasteiger partial charge in [0, 0.05) is 11.6 Å². The molecule has 1 aromatic carbocycles. The summed E-state index contributed by atoms with van der Waals surface area (Å²) >= 11 is 0. The molecule has 5 nitrogen and oxygen atoms in total. The fourth-order valence-corrected chi connectivity index (χ4v) is 1.45. The van der Waals surface area contributed by atoms with E-state index in [1.165, 1.54) is 20.3 Å². The van der Waals surface area contributed by atoms with Gasteiger partial charge in [0.2, 0.25) is 11.7 Å². The monoisotopic (exact) mass is 244 g/mol. The molecule has 0 saturated carbocycles. The number of nitrogens with zero attached hydrogens (tertiary/aromatic N) is 2. The van der Waals surface area contributed by atoms with Crippen LogP contribution in [-0.2, 0) is 0 Å². The van der Waals surface area contributed by atoms with Gasteiger partial charge in [0.1, 0.15) is 5.69 Å². The molecule has 0 bridgehead atoms. The van der Waals surface area contributed by atoms with Crippen molar-refractivity contribution >= 4 is 5.78 Å². The Balaban J connectivity index is 2.41. The van der Waals surface area contributed by atoms with Gasteiger partial charge in [-0.05, 0) is 0 Å². The largest absolute Gasteiger partial charge is 0.481 e. The molecule has 0 N–H and O–H groups in total. The highest BCUT2D eigenvalue weighted by Crippen LogP contribution is 2.16. The van der Waals surface area contributed by atoms with E-state index in [-0.39, 0.29) is 17.5 Å². The van der Waals surface area contributed by atoms with Gasteiger partial charge < -0.3 is 9.47 Å². The lowest BCUT2D eigenvalue weighted by atomic mass is 10.1. The van der Waals surface area contributed by atoms with Crippen molar-refractivity contribution in [1.29, 1.82) is 0 Å². The second-order valence-electron chi connectivity index (χ2n) is 3.48. The Morgan fingerprint density at radius 3 is 2.39 bits per heavy atom. The van der Waals surface area contributed by atoms with Crippen LogP contribution >= 0.6 is 0 Å². The molecule has 0 aliphatic rings. The number of carbonyl (C=O) groups is 1. The Hall–Kier alpha value is -2.43. The van der Waals surface area contributed by atoms with E-state index in [1.54, 1.807) is 24.3 Å². The second kappa shape index (κ2) is 5.27. The summed E-state index contributed by atoms with van der Waals surface area (Å²) in [7, 11) is 2.91. The predicted octanol–water partition coefficient (Wildman–Crippen LogP) is 1.72. The van der Waals surface area contributed by atoms with Crippen LogP contribution in [0.5, 0.6) is 11.9 Å². The lowest BCUT2D eigenvalue weighted by Gasteiger charge is -2.05. The van der Waals surface area contributed by atoms with E-state index < -0.39 is 0 Å². The molecule has 5 heteroatoms. The van der Waals surface area contributed by atoms with Crippen molar-refractivity contribution in [1.82, 2.24) is 9.97 Å². The Kier molecular flexibility index (Phi) is 3.52. The molecule has 0 spiro atoms. The molecule has 0 saturated heterocycles. The zero-order chi connectivity index (χ0) is 13.0. The molecule has 0 amide bonds. The smallest absolute Gasteiger partial charge is 0.320 e. The first kappa shape index (κ1) is 12.0. The Bertz CT molecular complexity index is 533. The number of hydrogen-bond donors (Lipinski definition) is 0. The van der Waals surface area contributed by atoms with Crippen molar-refractivity contribution in [2.75, 3.05) is 14.2 Å². The third-order valence-corrected chi connectivity index (χ3v) is 2.34. The van der Waals surface area contributed by atoms with Gasteiger partial charge in [0.05, 0.1) is 14.2 Å². The first-order valence-electron chi connectivity index (χ1n) is 5.31. The van der Waals surface area contributed by atoms with Crippen molar-refractivity contribution in [3.05, 3.63) is 47.7 Å². The van der Waals surface area contributed by atoms with Gasteiger partial charge in [0.15, 0.2) is 0 Å². The summed E-state index contributed by atoms with van der Waals surface area (Å²) in [5, 5.41) is 0. The Labute approximate surface area is 104 Å². The third kappa shape index (κ3) is 2.45. The quantitative estimate of drug-likeness (QED) is 0.766. The van der Waals surface area contributed by atoms with Crippen LogP contribution in [0.25, 0.3) is 0 Å². The zero-order valence-corrected chi connectivity index (χ0v) is 10.1. The van der Waals surface area contributed by atoms with Crippen LogP contribution in [0.2, 0.25) is 0 Å². The van der Waals surface area contributed by atoms with Gasteiger partial charge in [-0.15, -0.1) is 0 Å². The fourth-order valence-electron chi connectivity index (χ4n) is 1.45. The molecule has 0 aliphatic carbocycles. The molecule has 1 aromatic heterocycles. The molecular weight excluding hydrogens is 232 g/mol. The van der Waals surface area contributed by atoms with Crippen LogP contribution in [-0.4, -0.2) is 30.0 Å². The minimum Gasteiger partial charge on any atom is -0.481 e. The number of ether oxygens (including phenoxy) is 2. The molecule has 0 atom stereocenters. The van der Waals surface area contributed by atoms with Gasteiger partial charge in [-0.25, -0.2) is 0 Å². The van der Waals surface area contributed by atoms with Gasteiger partial charge in [-0.1, -0.05) is 30.3 Å². The average Bonchev–Trinajstić information content (AvgIpc) is 2.46. The van der Waals surface area contributed by atoms with Crippen molar-refractivity contribution < 1.29 is 14.3 Å². The van der Waals surface area contributed by atoms with E-state index in [4.69, 9.17) is 9.47 Å². The fraction of sp³-hybridized carbons (Fsp3) is 0.154. The molecule has 2 aromatic rings. The number of ketones is 1. The first-order valence-corrected chi connectivity index (χ1v) is 5.31. The molecule has 0 aliphatic heterocycles. The molecule has 18 heavy (non-hydrogen) atoms. The summed E-state index contributed by atoms with van der Waals surface area (Å²) in [5.74, 6) is 0.0933. The highest BCUT2D eigenvalue weighted by atomic mass is 16.5. The van der Waals surface area contributed by atoms with E-state index in [9.17, 15) is 4.79 Å². The van der Waals surface area contributed by atoms with Crippen molar-refractivity contribution in [3.63, 3.8) is 0 Å². The lowest BCUT2D eigenvalue weighted by molar-refractivity contribution is 0.103. The van der Waals surface area contributed by atoms with Crippen molar-refractivity contribution in [2.45, 2.75) is 0 Å². The number of aromatic nitrogens is 2. The molecule has 0 unspecified atom stereocenters.